The number of aryl methyl sites for hydroxylation is 1. The van der Waals surface area contributed by atoms with E-state index in [1.54, 1.807) is 6.07 Å². The van der Waals surface area contributed by atoms with Gasteiger partial charge in [-0.1, -0.05) is 13.3 Å². The molecule has 1 aromatic heterocycles. The van der Waals surface area contributed by atoms with E-state index in [9.17, 15) is 4.79 Å². The molecule has 0 saturated carbocycles. The normalized spacial score (nSPS) is 11.6. The number of aromatic nitrogens is 2. The van der Waals surface area contributed by atoms with Gasteiger partial charge in [0.15, 0.2) is 0 Å². The fraction of sp³-hybridized carbons (Fsp3) is 0.692. The second-order valence-electron chi connectivity index (χ2n) is 5.00. The van der Waals surface area contributed by atoms with Gasteiger partial charge in [-0.15, -0.1) is 0 Å². The third-order valence-electron chi connectivity index (χ3n) is 2.50. The van der Waals surface area contributed by atoms with Crippen LogP contribution in [0.5, 0.6) is 0 Å². The Morgan fingerprint density at radius 1 is 1.50 bits per heavy atom. The minimum Gasteiger partial charge on any atom is -0.379 e. The SMILES string of the molecule is CCCc1cc(C(=O)NC(C)(C)COCC)n[nH]1. The van der Waals surface area contributed by atoms with Crippen LogP contribution in [0.1, 0.15) is 50.3 Å². The van der Waals surface area contributed by atoms with E-state index < -0.39 is 5.54 Å². The molecular formula is C13H23N3O2. The number of carbonyl (C=O) groups is 1. The number of carbonyl (C=O) groups excluding carboxylic acids is 1. The van der Waals surface area contributed by atoms with Crippen molar-refractivity contribution in [3.63, 3.8) is 0 Å². The average molecular weight is 253 g/mol. The number of hydrogen-bond acceptors (Lipinski definition) is 3. The molecule has 0 saturated heterocycles. The zero-order chi connectivity index (χ0) is 13.6. The monoisotopic (exact) mass is 253 g/mol. The number of rotatable bonds is 7. The number of ether oxygens (including phenoxy) is 1. The number of H-pyrrole nitrogens is 1. The first-order valence-corrected chi connectivity index (χ1v) is 6.43. The van der Waals surface area contributed by atoms with Crippen molar-refractivity contribution in [1.82, 2.24) is 15.5 Å². The summed E-state index contributed by atoms with van der Waals surface area (Å²) in [6, 6.07) is 1.80. The summed E-state index contributed by atoms with van der Waals surface area (Å²) in [6.45, 7) is 9.01. The first kappa shape index (κ1) is 14.7. The molecule has 0 spiro atoms. The van der Waals surface area contributed by atoms with Crippen LogP contribution < -0.4 is 5.32 Å². The van der Waals surface area contributed by atoms with Crippen LogP contribution >= 0.6 is 0 Å². The second kappa shape index (κ2) is 6.54. The van der Waals surface area contributed by atoms with Gasteiger partial charge < -0.3 is 10.1 Å². The Labute approximate surface area is 108 Å². The van der Waals surface area contributed by atoms with E-state index >= 15 is 0 Å². The van der Waals surface area contributed by atoms with Gasteiger partial charge in [0.25, 0.3) is 5.91 Å². The van der Waals surface area contributed by atoms with Gasteiger partial charge in [0.05, 0.1) is 12.1 Å². The highest BCUT2D eigenvalue weighted by Gasteiger charge is 2.22. The second-order valence-corrected chi connectivity index (χ2v) is 5.00. The predicted octanol–water partition coefficient (Wildman–Crippen LogP) is 1.91. The molecule has 0 aliphatic rings. The standard InChI is InChI=1S/C13H23N3O2/c1-5-7-10-8-11(16-15-10)12(17)14-13(3,4)9-18-6-2/h8H,5-7,9H2,1-4H3,(H,14,17)(H,15,16). The number of aromatic amines is 1. The lowest BCUT2D eigenvalue weighted by Crippen LogP contribution is -2.47. The van der Waals surface area contributed by atoms with Crippen molar-refractivity contribution in [2.24, 2.45) is 0 Å². The van der Waals surface area contributed by atoms with E-state index in [1.165, 1.54) is 0 Å². The number of amides is 1. The molecule has 0 radical (unpaired) electrons. The van der Waals surface area contributed by atoms with Gasteiger partial charge >= 0.3 is 0 Å². The van der Waals surface area contributed by atoms with Gasteiger partial charge in [-0.2, -0.15) is 5.10 Å². The molecule has 102 valence electrons. The van der Waals surface area contributed by atoms with Crippen LogP contribution in [-0.2, 0) is 11.2 Å². The third kappa shape index (κ3) is 4.49. The van der Waals surface area contributed by atoms with E-state index in [2.05, 4.69) is 22.4 Å². The molecule has 0 aromatic carbocycles. The molecule has 0 unspecified atom stereocenters. The largest absolute Gasteiger partial charge is 0.379 e. The number of hydrogen-bond donors (Lipinski definition) is 2. The van der Waals surface area contributed by atoms with E-state index in [0.29, 0.717) is 18.9 Å². The zero-order valence-corrected chi connectivity index (χ0v) is 11.7. The summed E-state index contributed by atoms with van der Waals surface area (Å²) in [5, 5.41) is 9.81. The minimum absolute atomic E-state index is 0.168. The number of nitrogens with one attached hydrogen (secondary N) is 2. The van der Waals surface area contributed by atoms with Crippen LogP contribution in [0.4, 0.5) is 0 Å². The van der Waals surface area contributed by atoms with Crippen molar-refractivity contribution in [2.75, 3.05) is 13.2 Å². The molecule has 0 aliphatic heterocycles. The van der Waals surface area contributed by atoms with Crippen LogP contribution in [0.25, 0.3) is 0 Å². The molecule has 18 heavy (non-hydrogen) atoms. The Kier molecular flexibility index (Phi) is 5.34. The Balaban J connectivity index is 2.58. The van der Waals surface area contributed by atoms with Crippen LogP contribution in [0, 0.1) is 0 Å². The van der Waals surface area contributed by atoms with E-state index in [0.717, 1.165) is 18.5 Å². The van der Waals surface area contributed by atoms with E-state index in [4.69, 9.17) is 4.74 Å². The molecular weight excluding hydrogens is 230 g/mol. The van der Waals surface area contributed by atoms with Gasteiger partial charge in [0.2, 0.25) is 0 Å². The molecule has 1 aromatic rings. The first-order valence-electron chi connectivity index (χ1n) is 6.43. The van der Waals surface area contributed by atoms with Crippen molar-refractivity contribution in [2.45, 2.75) is 46.1 Å². The summed E-state index contributed by atoms with van der Waals surface area (Å²) in [4.78, 5) is 12.0. The zero-order valence-electron chi connectivity index (χ0n) is 11.7. The van der Waals surface area contributed by atoms with Crippen LogP contribution in [-0.4, -0.2) is 34.9 Å². The highest BCUT2D eigenvalue weighted by Crippen LogP contribution is 2.07. The molecule has 1 heterocycles. The van der Waals surface area contributed by atoms with Crippen molar-refractivity contribution in [1.29, 1.82) is 0 Å². The van der Waals surface area contributed by atoms with Crippen molar-refractivity contribution in [3.8, 4) is 0 Å². The van der Waals surface area contributed by atoms with E-state index in [1.807, 2.05) is 20.8 Å². The van der Waals surface area contributed by atoms with Crippen LogP contribution in [0.15, 0.2) is 6.07 Å². The topological polar surface area (TPSA) is 67.0 Å². The summed E-state index contributed by atoms with van der Waals surface area (Å²) in [6.07, 6.45) is 1.93. The van der Waals surface area contributed by atoms with Gasteiger partial charge in [-0.05, 0) is 33.3 Å². The average Bonchev–Trinajstić information content (AvgIpc) is 2.75. The maximum atomic E-state index is 12.0. The molecule has 0 aliphatic carbocycles. The molecule has 1 amide bonds. The lowest BCUT2D eigenvalue weighted by atomic mass is 10.1. The van der Waals surface area contributed by atoms with Crippen molar-refractivity contribution >= 4 is 5.91 Å². The lowest BCUT2D eigenvalue weighted by molar-refractivity contribution is 0.0721. The highest BCUT2D eigenvalue weighted by atomic mass is 16.5. The van der Waals surface area contributed by atoms with Gasteiger partial charge in [0, 0.05) is 12.3 Å². The Bertz CT molecular complexity index is 385. The smallest absolute Gasteiger partial charge is 0.272 e. The summed E-state index contributed by atoms with van der Waals surface area (Å²) in [5.41, 5.74) is 1.03. The van der Waals surface area contributed by atoms with Crippen LogP contribution in [0.2, 0.25) is 0 Å². The van der Waals surface area contributed by atoms with Gasteiger partial charge in [-0.3, -0.25) is 9.89 Å². The van der Waals surface area contributed by atoms with Crippen molar-refractivity contribution in [3.05, 3.63) is 17.5 Å². The van der Waals surface area contributed by atoms with Gasteiger partial charge in [0.1, 0.15) is 5.69 Å². The summed E-state index contributed by atoms with van der Waals surface area (Å²) in [5.74, 6) is -0.168. The summed E-state index contributed by atoms with van der Waals surface area (Å²) >= 11 is 0. The lowest BCUT2D eigenvalue weighted by Gasteiger charge is -2.25. The maximum Gasteiger partial charge on any atom is 0.272 e. The molecule has 5 nitrogen and oxygen atoms in total. The quantitative estimate of drug-likeness (QED) is 0.780. The summed E-state index contributed by atoms with van der Waals surface area (Å²) in [7, 11) is 0. The highest BCUT2D eigenvalue weighted by molar-refractivity contribution is 5.92. The molecule has 0 fully saturated rings. The summed E-state index contributed by atoms with van der Waals surface area (Å²) < 4.78 is 5.34. The molecule has 5 heteroatoms. The first-order chi connectivity index (χ1) is 8.48. The maximum absolute atomic E-state index is 12.0. The van der Waals surface area contributed by atoms with E-state index in [-0.39, 0.29) is 5.91 Å². The van der Waals surface area contributed by atoms with Crippen molar-refractivity contribution < 1.29 is 9.53 Å². The Morgan fingerprint density at radius 2 is 2.22 bits per heavy atom. The minimum atomic E-state index is -0.392. The fourth-order valence-electron chi connectivity index (χ4n) is 1.64. The van der Waals surface area contributed by atoms with Gasteiger partial charge in [-0.25, -0.2) is 0 Å². The Hall–Kier alpha value is -1.36. The third-order valence-corrected chi connectivity index (χ3v) is 2.50. The molecule has 0 atom stereocenters. The predicted molar refractivity (Wildman–Crippen MR) is 70.6 cm³/mol. The number of nitrogens with zero attached hydrogens (tertiary/aromatic N) is 1. The Morgan fingerprint density at radius 3 is 2.83 bits per heavy atom. The molecule has 1 rings (SSSR count). The molecule has 0 bridgehead atoms. The molecule has 2 N–H and O–H groups in total. The fourth-order valence-corrected chi connectivity index (χ4v) is 1.64. The van der Waals surface area contributed by atoms with Crippen LogP contribution in [0.3, 0.4) is 0 Å².